The van der Waals surface area contributed by atoms with Crippen LogP contribution in [0.25, 0.3) is 0 Å². The number of rotatable bonds is 6. The van der Waals surface area contributed by atoms with Crippen LogP contribution in [0.4, 0.5) is 10.5 Å². The second-order valence-electron chi connectivity index (χ2n) is 7.18. The Labute approximate surface area is 164 Å². The number of hydrogen-bond donors (Lipinski definition) is 2. The summed E-state index contributed by atoms with van der Waals surface area (Å²) in [6.07, 6.45) is 3.76. The molecule has 0 bridgehead atoms. The number of nitrogens with one attached hydrogen (secondary N) is 2. The quantitative estimate of drug-likeness (QED) is 0.547. The third-order valence-electron chi connectivity index (χ3n) is 5.30. The zero-order valence-electron chi connectivity index (χ0n) is 16.4. The fraction of sp³-hybridized carbons (Fsp3) is 0.500. The number of piperidine rings is 1. The van der Waals surface area contributed by atoms with Gasteiger partial charge >= 0.3 is 6.03 Å². The van der Waals surface area contributed by atoms with Crippen molar-refractivity contribution in [3.8, 4) is 5.75 Å². The van der Waals surface area contributed by atoms with Gasteiger partial charge in [-0.3, -0.25) is 19.9 Å². The van der Waals surface area contributed by atoms with E-state index in [9.17, 15) is 14.4 Å². The summed E-state index contributed by atoms with van der Waals surface area (Å²) in [4.78, 5) is 44.5. The lowest BCUT2D eigenvalue weighted by molar-refractivity contribution is -0.903. The van der Waals surface area contributed by atoms with Gasteiger partial charge in [-0.2, -0.15) is 0 Å². The highest BCUT2D eigenvalue weighted by molar-refractivity contribution is 6.35. The molecule has 3 rings (SSSR count). The van der Waals surface area contributed by atoms with Crippen LogP contribution in [0.3, 0.4) is 0 Å². The maximum absolute atomic E-state index is 12.9. The summed E-state index contributed by atoms with van der Waals surface area (Å²) in [6, 6.07) is 5.78. The molecule has 2 aliphatic rings. The predicted molar refractivity (Wildman–Crippen MR) is 105 cm³/mol. The van der Waals surface area contributed by atoms with Crippen LogP contribution >= 0.6 is 0 Å². The average molecular weight is 387 g/mol. The molecule has 4 amide bonds. The Balaban J connectivity index is 1.71. The summed E-state index contributed by atoms with van der Waals surface area (Å²) in [5.41, 5.74) is 0.816. The predicted octanol–water partition coefficient (Wildman–Crippen LogP) is 0.424. The number of anilines is 1. The van der Waals surface area contributed by atoms with Crippen molar-refractivity contribution in [1.29, 1.82) is 0 Å². The molecule has 150 valence electrons. The number of nitrogens with zero attached hydrogens (tertiary/aromatic N) is 2. The third-order valence-corrected chi connectivity index (χ3v) is 5.30. The standard InChI is InChI=1S/C20H26N4O4/c1-14(21-10-13-23-11-4-3-5-12-23)17-18(25)22-20(27)24(19(17)26)15-6-8-16(28-2)9-7-15/h6-9,17H,3-5,10-13H2,1-2H3,(H,22,25,27)/p+1. The first-order valence-electron chi connectivity index (χ1n) is 9.68. The van der Waals surface area contributed by atoms with Gasteiger partial charge in [0.1, 0.15) is 5.75 Å². The maximum atomic E-state index is 12.9. The number of barbiturate groups is 1. The van der Waals surface area contributed by atoms with Gasteiger partial charge in [0.15, 0.2) is 5.92 Å². The van der Waals surface area contributed by atoms with Crippen LogP contribution in [0.1, 0.15) is 26.2 Å². The number of methoxy groups -OCH3 is 1. The van der Waals surface area contributed by atoms with E-state index in [2.05, 4.69) is 10.3 Å². The molecule has 1 atom stereocenters. The Morgan fingerprint density at radius 3 is 2.50 bits per heavy atom. The van der Waals surface area contributed by atoms with Crippen molar-refractivity contribution in [3.05, 3.63) is 24.3 Å². The number of carbonyl (C=O) groups is 3. The van der Waals surface area contributed by atoms with Crippen molar-refractivity contribution < 1.29 is 24.0 Å². The average Bonchev–Trinajstić information content (AvgIpc) is 2.69. The van der Waals surface area contributed by atoms with E-state index in [0.29, 0.717) is 23.7 Å². The summed E-state index contributed by atoms with van der Waals surface area (Å²) in [5, 5.41) is 2.27. The summed E-state index contributed by atoms with van der Waals surface area (Å²) < 4.78 is 5.10. The van der Waals surface area contributed by atoms with Gasteiger partial charge in [-0.05, 0) is 50.5 Å². The molecule has 0 saturated carbocycles. The highest BCUT2D eigenvalue weighted by Gasteiger charge is 2.42. The van der Waals surface area contributed by atoms with Crippen molar-refractivity contribution >= 4 is 29.2 Å². The van der Waals surface area contributed by atoms with Gasteiger partial charge < -0.3 is 9.64 Å². The molecule has 0 radical (unpaired) electrons. The van der Waals surface area contributed by atoms with Gasteiger partial charge in [0, 0.05) is 5.71 Å². The Bertz CT molecular complexity index is 769. The first kappa shape index (κ1) is 20.0. The second-order valence-corrected chi connectivity index (χ2v) is 7.18. The molecule has 0 aliphatic carbocycles. The topological polar surface area (TPSA) is 92.5 Å². The van der Waals surface area contributed by atoms with Crippen molar-refractivity contribution in [1.82, 2.24) is 5.32 Å². The van der Waals surface area contributed by atoms with Crippen LogP contribution in [0.2, 0.25) is 0 Å². The molecular weight excluding hydrogens is 360 g/mol. The zero-order valence-corrected chi connectivity index (χ0v) is 16.4. The second kappa shape index (κ2) is 8.97. The molecule has 1 aromatic rings. The van der Waals surface area contributed by atoms with E-state index in [-0.39, 0.29) is 0 Å². The van der Waals surface area contributed by atoms with Crippen molar-refractivity contribution in [2.75, 3.05) is 38.2 Å². The van der Waals surface area contributed by atoms with E-state index >= 15 is 0 Å². The van der Waals surface area contributed by atoms with Crippen LogP contribution < -0.4 is 19.9 Å². The molecular formula is C20H27N4O4+. The van der Waals surface area contributed by atoms with Crippen molar-refractivity contribution in [2.45, 2.75) is 26.2 Å². The number of carbonyl (C=O) groups excluding carboxylic acids is 3. The molecule has 1 unspecified atom stereocenters. The van der Waals surface area contributed by atoms with Crippen LogP contribution in [0.15, 0.2) is 29.3 Å². The first-order valence-corrected chi connectivity index (χ1v) is 9.68. The number of aliphatic imine (C=N–C) groups is 1. The molecule has 2 N–H and O–H groups in total. The largest absolute Gasteiger partial charge is 0.497 e. The van der Waals surface area contributed by atoms with Gasteiger partial charge in [0.2, 0.25) is 5.91 Å². The van der Waals surface area contributed by atoms with Crippen LogP contribution in [-0.2, 0) is 9.59 Å². The highest BCUT2D eigenvalue weighted by Crippen LogP contribution is 2.24. The summed E-state index contributed by atoms with van der Waals surface area (Å²) in [6.45, 7) is 5.43. The SMILES string of the molecule is COc1ccc(N2C(=O)NC(=O)C(C(C)=NCC[NH+]3CCCCC3)C2=O)cc1. The number of urea groups is 1. The number of imide groups is 2. The molecule has 2 aliphatic heterocycles. The molecule has 1 aromatic carbocycles. The van der Waals surface area contributed by atoms with E-state index in [1.807, 2.05) is 0 Å². The van der Waals surface area contributed by atoms with Crippen LogP contribution in [0.5, 0.6) is 5.75 Å². The van der Waals surface area contributed by atoms with E-state index in [4.69, 9.17) is 4.74 Å². The zero-order chi connectivity index (χ0) is 20.1. The van der Waals surface area contributed by atoms with Gasteiger partial charge in [0.25, 0.3) is 5.91 Å². The fourth-order valence-electron chi connectivity index (χ4n) is 3.70. The normalized spacial score (nSPS) is 21.6. The summed E-state index contributed by atoms with van der Waals surface area (Å²) >= 11 is 0. The Kier molecular flexibility index (Phi) is 6.41. The molecule has 0 aromatic heterocycles. The number of benzene rings is 1. The first-order chi connectivity index (χ1) is 13.5. The minimum absolute atomic E-state index is 0.381. The minimum atomic E-state index is -1.09. The smallest absolute Gasteiger partial charge is 0.335 e. The molecule has 2 saturated heterocycles. The number of amides is 4. The van der Waals surface area contributed by atoms with E-state index < -0.39 is 23.8 Å². The molecule has 8 heteroatoms. The third kappa shape index (κ3) is 4.39. The fourth-order valence-corrected chi connectivity index (χ4v) is 3.70. The van der Waals surface area contributed by atoms with E-state index in [0.717, 1.165) is 24.5 Å². The molecule has 2 fully saturated rings. The Morgan fingerprint density at radius 2 is 1.86 bits per heavy atom. The molecule has 28 heavy (non-hydrogen) atoms. The molecule has 0 spiro atoms. The van der Waals surface area contributed by atoms with Crippen molar-refractivity contribution in [2.24, 2.45) is 10.9 Å². The molecule has 2 heterocycles. The number of ether oxygens (including phenoxy) is 1. The lowest BCUT2D eigenvalue weighted by atomic mass is 9.99. The number of hydrogen-bond acceptors (Lipinski definition) is 5. The van der Waals surface area contributed by atoms with Gasteiger partial charge in [-0.25, -0.2) is 9.69 Å². The Morgan fingerprint density at radius 1 is 1.18 bits per heavy atom. The highest BCUT2D eigenvalue weighted by atomic mass is 16.5. The van der Waals surface area contributed by atoms with E-state index in [1.165, 1.54) is 31.3 Å². The summed E-state index contributed by atoms with van der Waals surface area (Å²) in [5.74, 6) is -1.67. The lowest BCUT2D eigenvalue weighted by Crippen LogP contribution is -3.13. The maximum Gasteiger partial charge on any atom is 0.335 e. The monoisotopic (exact) mass is 387 g/mol. The summed E-state index contributed by atoms with van der Waals surface area (Å²) in [7, 11) is 1.54. The van der Waals surface area contributed by atoms with Gasteiger partial charge in [0.05, 0.1) is 39.0 Å². The lowest BCUT2D eigenvalue weighted by Gasteiger charge is -2.30. The van der Waals surface area contributed by atoms with Gasteiger partial charge in [-0.15, -0.1) is 0 Å². The molecule has 8 nitrogen and oxygen atoms in total. The van der Waals surface area contributed by atoms with Crippen LogP contribution in [-0.4, -0.2) is 56.8 Å². The van der Waals surface area contributed by atoms with Gasteiger partial charge in [-0.1, -0.05) is 0 Å². The number of quaternary nitrogens is 1. The van der Waals surface area contributed by atoms with Crippen LogP contribution in [0, 0.1) is 5.92 Å². The Hall–Kier alpha value is -2.74. The minimum Gasteiger partial charge on any atom is -0.497 e. The van der Waals surface area contributed by atoms with Crippen molar-refractivity contribution in [3.63, 3.8) is 0 Å². The van der Waals surface area contributed by atoms with E-state index in [1.54, 1.807) is 31.2 Å². The number of likely N-dealkylation sites (tertiary alicyclic amines) is 1.